The van der Waals surface area contributed by atoms with Gasteiger partial charge in [-0.05, 0) is 56.6 Å². The van der Waals surface area contributed by atoms with E-state index in [9.17, 15) is 0 Å². The first kappa shape index (κ1) is 17.7. The summed E-state index contributed by atoms with van der Waals surface area (Å²) in [6.45, 7) is 7.66. The van der Waals surface area contributed by atoms with Crippen molar-refractivity contribution < 1.29 is 0 Å². The van der Waals surface area contributed by atoms with Gasteiger partial charge >= 0.3 is 0 Å². The van der Waals surface area contributed by atoms with Crippen LogP contribution in [0.15, 0.2) is 12.3 Å². The van der Waals surface area contributed by atoms with E-state index < -0.39 is 0 Å². The van der Waals surface area contributed by atoms with Gasteiger partial charge in [0, 0.05) is 31.7 Å². The van der Waals surface area contributed by atoms with Gasteiger partial charge in [0.15, 0.2) is 0 Å². The van der Waals surface area contributed by atoms with Crippen LogP contribution >= 0.6 is 0 Å². The average molecular weight is 383 g/mol. The maximum absolute atomic E-state index is 5.89. The van der Waals surface area contributed by atoms with Crippen LogP contribution in [0.1, 0.15) is 38.2 Å². The summed E-state index contributed by atoms with van der Waals surface area (Å²) in [5.41, 5.74) is 13.4. The maximum Gasteiger partial charge on any atom is 0.241 e. The molecule has 2 aromatic heterocycles. The van der Waals surface area contributed by atoms with Crippen molar-refractivity contribution in [3.63, 3.8) is 0 Å². The van der Waals surface area contributed by atoms with Crippen molar-refractivity contribution in [3.8, 4) is 5.69 Å². The molecule has 1 saturated heterocycles. The zero-order valence-corrected chi connectivity index (χ0v) is 16.8. The minimum Gasteiger partial charge on any atom is -0.368 e. The van der Waals surface area contributed by atoms with Crippen LogP contribution in [0.5, 0.6) is 0 Å². The fourth-order valence-electron chi connectivity index (χ4n) is 5.80. The lowest BCUT2D eigenvalue weighted by atomic mass is 9.92. The Balaban J connectivity index is 1.31. The van der Waals surface area contributed by atoms with E-state index >= 15 is 0 Å². The Kier molecular flexibility index (Phi) is 4.19. The lowest BCUT2D eigenvalue weighted by Gasteiger charge is -2.46. The normalized spacial score (nSPS) is 30.3. The minimum absolute atomic E-state index is 0.171. The predicted molar refractivity (Wildman–Crippen MR) is 110 cm³/mol. The van der Waals surface area contributed by atoms with Crippen molar-refractivity contribution in [2.24, 2.45) is 11.8 Å². The van der Waals surface area contributed by atoms with Crippen molar-refractivity contribution in [1.29, 1.82) is 0 Å². The molecule has 2 aromatic rings. The van der Waals surface area contributed by atoms with Gasteiger partial charge in [-0.25, -0.2) is 4.98 Å². The van der Waals surface area contributed by atoms with E-state index in [1.165, 1.54) is 30.4 Å². The summed E-state index contributed by atoms with van der Waals surface area (Å²) in [6.07, 6.45) is 7.60. The van der Waals surface area contributed by atoms with E-state index in [1.807, 2.05) is 0 Å². The lowest BCUT2D eigenvalue weighted by Crippen LogP contribution is -2.56. The number of hydrogen-bond donors (Lipinski definition) is 2. The summed E-state index contributed by atoms with van der Waals surface area (Å²) in [4.78, 5) is 13.9. The van der Waals surface area contributed by atoms with Crippen molar-refractivity contribution in [1.82, 2.24) is 24.6 Å². The molecule has 3 heterocycles. The van der Waals surface area contributed by atoms with Crippen LogP contribution in [0.4, 0.5) is 17.7 Å². The van der Waals surface area contributed by atoms with Gasteiger partial charge in [-0.2, -0.15) is 9.67 Å². The lowest BCUT2D eigenvalue weighted by molar-refractivity contribution is 0.0899. The van der Waals surface area contributed by atoms with Gasteiger partial charge in [-0.1, -0.05) is 6.42 Å². The zero-order chi connectivity index (χ0) is 19.4. The standard InChI is InChI=1S/C20H30N8/c1-12-7-16(28-20(22)24-19(21)25-28)10-23-18(12)26-5-6-27(13(2)11-26)17-9-14-3-4-15(17)8-14/h7,10,13-15,17H,3-6,8-9,11H2,1-2H3,(H4,21,22,24,25)/t13-,14?,15?,17-/m0/s1. The summed E-state index contributed by atoms with van der Waals surface area (Å²) in [5, 5.41) is 4.15. The van der Waals surface area contributed by atoms with Crippen LogP contribution in [-0.4, -0.2) is 56.4 Å². The number of anilines is 3. The molecule has 0 aromatic carbocycles. The van der Waals surface area contributed by atoms with Gasteiger partial charge in [0.25, 0.3) is 0 Å². The van der Waals surface area contributed by atoms with Crippen molar-refractivity contribution in [2.75, 3.05) is 36.0 Å². The number of hydrogen-bond acceptors (Lipinski definition) is 7. The van der Waals surface area contributed by atoms with E-state index in [2.05, 4.69) is 39.8 Å². The molecule has 5 rings (SSSR count). The quantitative estimate of drug-likeness (QED) is 0.835. The van der Waals surface area contributed by atoms with Gasteiger partial charge in [-0.3, -0.25) is 4.90 Å². The van der Waals surface area contributed by atoms with Gasteiger partial charge < -0.3 is 16.4 Å². The summed E-state index contributed by atoms with van der Waals surface area (Å²) >= 11 is 0. The Morgan fingerprint density at radius 1 is 1.14 bits per heavy atom. The third-order valence-electron chi connectivity index (χ3n) is 7.03. The highest BCUT2D eigenvalue weighted by Crippen LogP contribution is 2.47. The second-order valence-corrected chi connectivity index (χ2v) is 8.85. The summed E-state index contributed by atoms with van der Waals surface area (Å²) in [7, 11) is 0. The molecule has 2 aliphatic carbocycles. The van der Waals surface area contributed by atoms with Gasteiger partial charge in [-0.15, -0.1) is 5.10 Å². The summed E-state index contributed by atoms with van der Waals surface area (Å²) in [6, 6.07) is 3.43. The molecule has 150 valence electrons. The summed E-state index contributed by atoms with van der Waals surface area (Å²) < 4.78 is 1.54. The highest BCUT2D eigenvalue weighted by Gasteiger charge is 2.44. The molecule has 28 heavy (non-hydrogen) atoms. The van der Waals surface area contributed by atoms with Crippen LogP contribution in [0.25, 0.3) is 5.69 Å². The molecule has 4 N–H and O–H groups in total. The number of nitrogens with zero attached hydrogens (tertiary/aromatic N) is 6. The van der Waals surface area contributed by atoms with Crippen LogP contribution in [0.2, 0.25) is 0 Å². The van der Waals surface area contributed by atoms with Crippen LogP contribution in [0, 0.1) is 18.8 Å². The van der Waals surface area contributed by atoms with E-state index in [0.717, 1.165) is 54.6 Å². The molecule has 0 spiro atoms. The number of piperazine rings is 1. The van der Waals surface area contributed by atoms with Crippen LogP contribution in [-0.2, 0) is 0 Å². The number of aromatic nitrogens is 4. The van der Waals surface area contributed by atoms with Crippen molar-refractivity contribution in [2.45, 2.75) is 51.6 Å². The largest absolute Gasteiger partial charge is 0.368 e. The number of aryl methyl sites for hydroxylation is 1. The third-order valence-corrected chi connectivity index (χ3v) is 7.03. The van der Waals surface area contributed by atoms with Crippen LogP contribution < -0.4 is 16.4 Å². The first-order chi connectivity index (χ1) is 13.5. The molecule has 0 radical (unpaired) electrons. The van der Waals surface area contributed by atoms with E-state index in [-0.39, 0.29) is 11.9 Å². The van der Waals surface area contributed by atoms with Crippen molar-refractivity contribution >= 4 is 17.7 Å². The average Bonchev–Trinajstić information content (AvgIpc) is 3.37. The number of fused-ring (bicyclic) bond motifs is 2. The topological polar surface area (TPSA) is 102 Å². The molecule has 4 atom stereocenters. The first-order valence-corrected chi connectivity index (χ1v) is 10.5. The molecule has 2 bridgehead atoms. The molecule has 8 heteroatoms. The molecule has 8 nitrogen and oxygen atoms in total. The van der Waals surface area contributed by atoms with Gasteiger partial charge in [0.2, 0.25) is 11.9 Å². The Morgan fingerprint density at radius 3 is 2.61 bits per heavy atom. The maximum atomic E-state index is 5.89. The Bertz CT molecular complexity index is 877. The Morgan fingerprint density at radius 2 is 2.00 bits per heavy atom. The highest BCUT2D eigenvalue weighted by atomic mass is 15.4. The monoisotopic (exact) mass is 382 g/mol. The Labute approximate surface area is 165 Å². The Hall–Kier alpha value is -2.35. The highest BCUT2D eigenvalue weighted by molar-refractivity contribution is 5.52. The third kappa shape index (κ3) is 2.90. The molecule has 3 fully saturated rings. The van der Waals surface area contributed by atoms with E-state index in [0.29, 0.717) is 6.04 Å². The van der Waals surface area contributed by atoms with E-state index in [4.69, 9.17) is 16.5 Å². The molecule has 0 amide bonds. The fourth-order valence-corrected chi connectivity index (χ4v) is 5.80. The smallest absolute Gasteiger partial charge is 0.241 e. The number of nitrogen functional groups attached to an aromatic ring is 2. The predicted octanol–water partition coefficient (Wildman–Crippen LogP) is 1.83. The van der Waals surface area contributed by atoms with Crippen LogP contribution in [0.3, 0.4) is 0 Å². The molecular formula is C20H30N8. The first-order valence-electron chi connectivity index (χ1n) is 10.5. The van der Waals surface area contributed by atoms with E-state index in [1.54, 1.807) is 6.20 Å². The number of pyridine rings is 1. The molecule has 3 aliphatic rings. The number of rotatable bonds is 3. The molecular weight excluding hydrogens is 352 g/mol. The second kappa shape index (κ2) is 6.62. The SMILES string of the molecule is Cc1cc(-n2nc(N)nc2N)cnc1N1CCN([C@H]2CC3CCC2C3)[C@@H](C)C1. The van der Waals surface area contributed by atoms with Gasteiger partial charge in [0.1, 0.15) is 5.82 Å². The second-order valence-electron chi connectivity index (χ2n) is 8.85. The molecule has 1 aliphatic heterocycles. The summed E-state index contributed by atoms with van der Waals surface area (Å²) in [5.74, 6) is 3.44. The minimum atomic E-state index is 0.171. The zero-order valence-electron chi connectivity index (χ0n) is 16.8. The van der Waals surface area contributed by atoms with Crippen molar-refractivity contribution in [3.05, 3.63) is 17.8 Å². The number of nitrogens with two attached hydrogens (primary N) is 2. The molecule has 2 unspecified atom stereocenters. The van der Waals surface area contributed by atoms with Gasteiger partial charge in [0.05, 0.1) is 11.9 Å². The fraction of sp³-hybridized carbons (Fsp3) is 0.650. The molecule has 2 saturated carbocycles.